The fourth-order valence-corrected chi connectivity index (χ4v) is 0.309. The van der Waals surface area contributed by atoms with Crippen molar-refractivity contribution in [1.82, 2.24) is 0 Å². The molecule has 1 unspecified atom stereocenters. The van der Waals surface area contributed by atoms with Gasteiger partial charge in [-0.2, -0.15) is 0 Å². The molecule has 0 aromatic heterocycles. The van der Waals surface area contributed by atoms with Crippen molar-refractivity contribution in [3.8, 4) is 0 Å². The number of aldehydes is 3. The maximum absolute atomic E-state index is 9.46. The molecule has 0 saturated carbocycles. The van der Waals surface area contributed by atoms with E-state index in [0.717, 1.165) is 6.29 Å². The Labute approximate surface area is 199 Å². The van der Waals surface area contributed by atoms with E-state index in [-0.39, 0.29) is 116 Å². The second kappa shape index (κ2) is 36.8. The number of aliphatic hydroxyl groups excluding tert-OH is 1. The molecule has 0 aliphatic carbocycles. The number of rotatable bonds is 7. The van der Waals surface area contributed by atoms with Gasteiger partial charge in [0.2, 0.25) is 0 Å². The molecule has 0 fully saturated rings. The Bertz CT molecular complexity index is 182. The van der Waals surface area contributed by atoms with Crippen molar-refractivity contribution in [3.63, 3.8) is 0 Å². The first-order valence-corrected chi connectivity index (χ1v) is 4.79. The van der Waals surface area contributed by atoms with Crippen LogP contribution in [0.4, 0.5) is 0 Å². The molecule has 0 aliphatic heterocycles. The quantitative estimate of drug-likeness (QED) is 0.165. The van der Waals surface area contributed by atoms with E-state index in [1.54, 1.807) is 6.92 Å². The molecule has 100 valence electrons. The van der Waals surface area contributed by atoms with Gasteiger partial charge in [0.05, 0.1) is 18.7 Å². The van der Waals surface area contributed by atoms with E-state index in [9.17, 15) is 9.59 Å². The standard InChI is InChI=1S/C4H7O2.C4H8O2.C3H3O2.2K/c1-6-4-2-3-5;1-4(6)2-3-5;4-2-1-3-5;;/h3-4H,2H2,1H3;3-4,6H,2H2,1H3;2H,1H2;;/q-1;;-1;2*+1. The van der Waals surface area contributed by atoms with Crippen LogP contribution >= 0.6 is 0 Å². The van der Waals surface area contributed by atoms with Crippen molar-refractivity contribution in [2.45, 2.75) is 32.3 Å². The summed E-state index contributed by atoms with van der Waals surface area (Å²) >= 11 is 0. The summed E-state index contributed by atoms with van der Waals surface area (Å²) in [5.41, 5.74) is 0. The molecule has 8 heteroatoms. The maximum Gasteiger partial charge on any atom is 1.00 e. The second-order valence-electron chi connectivity index (χ2n) is 2.57. The molecule has 0 heterocycles. The topological polar surface area (TPSA) is 97.7 Å². The summed E-state index contributed by atoms with van der Waals surface area (Å²) in [5.74, 6) is 0. The van der Waals surface area contributed by atoms with Gasteiger partial charge in [-0.05, 0) is 14.0 Å². The van der Waals surface area contributed by atoms with Crippen LogP contribution in [0.1, 0.15) is 26.2 Å². The van der Waals surface area contributed by atoms with Crippen LogP contribution in [-0.2, 0) is 23.9 Å². The van der Waals surface area contributed by atoms with Crippen molar-refractivity contribution in [2.24, 2.45) is 0 Å². The molecule has 19 heavy (non-hydrogen) atoms. The molecule has 0 aliphatic rings. The number of hydrogen-bond acceptors (Lipinski definition) is 6. The summed E-state index contributed by atoms with van der Waals surface area (Å²) in [6.45, 7) is 3.02. The molecular weight excluding hydrogens is 306 g/mol. The largest absolute Gasteiger partial charge is 1.00 e. The molecule has 0 rings (SSSR count). The third-order valence-electron chi connectivity index (χ3n) is 0.963. The van der Waals surface area contributed by atoms with Crippen LogP contribution in [0, 0.1) is 6.61 Å². The van der Waals surface area contributed by atoms with Gasteiger partial charge in [0.15, 0.2) is 0 Å². The van der Waals surface area contributed by atoms with Gasteiger partial charge in [-0.1, -0.05) is 6.42 Å². The predicted molar refractivity (Wildman–Crippen MR) is 60.7 cm³/mol. The Hall–Kier alpha value is 1.87. The minimum atomic E-state index is -0.470. The average Bonchev–Trinajstić information content (AvgIpc) is 2.29. The monoisotopic (exact) mass is 324 g/mol. The first kappa shape index (κ1) is 32.7. The minimum absolute atomic E-state index is 0. The van der Waals surface area contributed by atoms with Gasteiger partial charge in [0.25, 0.3) is 0 Å². The summed E-state index contributed by atoms with van der Waals surface area (Å²) < 4.78 is 4.43. The number of aliphatic hydroxyl groups is 1. The molecular formula is C11H18K2O6. The Balaban J connectivity index is -0.0000000492. The van der Waals surface area contributed by atoms with Crippen LogP contribution < -0.4 is 103 Å². The summed E-state index contributed by atoms with van der Waals surface area (Å²) in [6.07, 6.45) is 3.45. The Morgan fingerprint density at radius 1 is 1.21 bits per heavy atom. The molecule has 0 aromatic carbocycles. The summed E-state index contributed by atoms with van der Waals surface area (Å²) in [7, 11) is 1.52. The molecule has 0 bridgehead atoms. The van der Waals surface area contributed by atoms with E-state index in [1.165, 1.54) is 20.0 Å². The van der Waals surface area contributed by atoms with E-state index in [2.05, 4.69) is 4.74 Å². The second-order valence-corrected chi connectivity index (χ2v) is 2.57. The van der Waals surface area contributed by atoms with Gasteiger partial charge in [-0.15, -0.1) is 6.42 Å². The van der Waals surface area contributed by atoms with Gasteiger partial charge in [-0.3, -0.25) is 6.29 Å². The summed E-state index contributed by atoms with van der Waals surface area (Å²) in [6, 6.07) is 0. The smallest absolute Gasteiger partial charge is 0.554 e. The Morgan fingerprint density at radius 3 is 1.79 bits per heavy atom. The number of ether oxygens (including phenoxy) is 1. The normalized spacial score (nSPS) is 8.58. The number of hydrogen-bond donors (Lipinski definition) is 1. The first-order chi connectivity index (χ1) is 8.10. The van der Waals surface area contributed by atoms with Crippen molar-refractivity contribution < 1.29 is 132 Å². The SMILES string of the molecule is CC(O)CC=O.CO[CH-]CC=O.O=[C-]CC=O.[K+].[K+]. The van der Waals surface area contributed by atoms with Crippen LogP contribution in [0.15, 0.2) is 0 Å². The first-order valence-electron chi connectivity index (χ1n) is 4.79. The molecule has 1 N–H and O–H groups in total. The van der Waals surface area contributed by atoms with Crippen molar-refractivity contribution in [1.29, 1.82) is 0 Å². The van der Waals surface area contributed by atoms with Crippen LogP contribution in [0.2, 0.25) is 0 Å². The fourth-order valence-electron chi connectivity index (χ4n) is 0.309. The Kier molecular flexibility index (Phi) is 63.3. The molecule has 0 aromatic rings. The van der Waals surface area contributed by atoms with Crippen LogP contribution in [-0.4, -0.2) is 43.5 Å². The molecule has 0 saturated heterocycles. The molecule has 1 atom stereocenters. The number of carbonyl (C=O) groups is 3. The zero-order valence-electron chi connectivity index (χ0n) is 12.0. The molecule has 6 nitrogen and oxygen atoms in total. The average molecular weight is 324 g/mol. The molecule has 0 radical (unpaired) electrons. The summed E-state index contributed by atoms with van der Waals surface area (Å²) in [4.78, 5) is 37.1. The van der Waals surface area contributed by atoms with Crippen molar-refractivity contribution in [3.05, 3.63) is 6.61 Å². The van der Waals surface area contributed by atoms with Crippen molar-refractivity contribution >= 4 is 25.1 Å². The minimum Gasteiger partial charge on any atom is -0.554 e. The van der Waals surface area contributed by atoms with Crippen LogP contribution in [0.3, 0.4) is 0 Å². The number of methoxy groups -OCH3 is 1. The van der Waals surface area contributed by atoms with Gasteiger partial charge >= 0.3 is 103 Å². The van der Waals surface area contributed by atoms with Crippen molar-refractivity contribution in [2.75, 3.05) is 7.11 Å². The van der Waals surface area contributed by atoms with Crippen LogP contribution in [0.5, 0.6) is 0 Å². The van der Waals surface area contributed by atoms with Crippen LogP contribution in [0.25, 0.3) is 0 Å². The van der Waals surface area contributed by atoms with Gasteiger partial charge in [0.1, 0.15) is 6.29 Å². The zero-order chi connectivity index (χ0) is 13.9. The van der Waals surface area contributed by atoms with E-state index >= 15 is 0 Å². The van der Waals surface area contributed by atoms with Gasteiger partial charge in [0, 0.05) is 6.42 Å². The Morgan fingerprint density at radius 2 is 1.74 bits per heavy atom. The van der Waals surface area contributed by atoms with Gasteiger partial charge in [-0.25, -0.2) is 6.61 Å². The zero-order valence-corrected chi connectivity index (χ0v) is 18.2. The van der Waals surface area contributed by atoms with E-state index in [0.29, 0.717) is 19.0 Å². The third kappa shape index (κ3) is 65.1. The predicted octanol–water partition coefficient (Wildman–Crippen LogP) is -5.97. The van der Waals surface area contributed by atoms with Gasteiger partial charge < -0.3 is 29.0 Å². The van der Waals surface area contributed by atoms with E-state index < -0.39 is 6.10 Å². The van der Waals surface area contributed by atoms with E-state index in [1.807, 2.05) is 0 Å². The molecule has 0 amide bonds. The fraction of sp³-hybridized carbons (Fsp3) is 0.545. The molecule has 0 spiro atoms. The maximum atomic E-state index is 9.46. The van der Waals surface area contributed by atoms with E-state index in [4.69, 9.17) is 14.7 Å². The summed E-state index contributed by atoms with van der Waals surface area (Å²) in [5, 5.41) is 8.32. The third-order valence-corrected chi connectivity index (χ3v) is 0.963. The number of carbonyl (C=O) groups excluding carboxylic acids is 4.